The Hall–Kier alpha value is 0.0200. The quantitative estimate of drug-likeness (QED) is 0.571. The van der Waals surface area contributed by atoms with Crippen LogP contribution in [0.2, 0.25) is 0 Å². The Bertz CT molecular complexity index is 136. The summed E-state index contributed by atoms with van der Waals surface area (Å²) in [5, 5.41) is 0. The van der Waals surface area contributed by atoms with Crippen molar-refractivity contribution in [3.8, 4) is 0 Å². The Morgan fingerprint density at radius 1 is 1.36 bits per heavy atom. The molecule has 1 nitrogen and oxygen atoms in total. The van der Waals surface area contributed by atoms with Crippen molar-refractivity contribution < 1.29 is 4.79 Å². The molecule has 0 atom stereocenters. The van der Waals surface area contributed by atoms with E-state index in [1.54, 1.807) is 0 Å². The minimum absolute atomic E-state index is 0.220. The van der Waals surface area contributed by atoms with Crippen LogP contribution in [0.4, 0.5) is 0 Å². The first-order valence-electron chi connectivity index (χ1n) is 3.49. The average molecular weight is 168 g/mol. The highest BCUT2D eigenvalue weighted by atomic mass is 32.2. The zero-order chi connectivity index (χ0) is 8.27. The van der Waals surface area contributed by atoms with Gasteiger partial charge in [-0.2, -0.15) is 0 Å². The number of carbonyl (C=O) groups excluding carboxylic acids is 1. The molecule has 0 N–H and O–H groups in total. The van der Waals surface area contributed by atoms with Gasteiger partial charge in [-0.25, -0.2) is 0 Å². The van der Waals surface area contributed by atoms with Gasteiger partial charge in [-0.3, -0.25) is 4.79 Å². The second kappa shape index (κ2) is 4.15. The van der Waals surface area contributed by atoms with E-state index in [2.05, 4.69) is 12.5 Å². The standard InChI is InChI=1S/C9H12OS/c1-11(2)7-9(10)8-5-3-4-6-8/h3-6H,7H2,1-2H3/q+1. The molecular weight excluding hydrogens is 156 g/mol. The molecule has 0 heterocycles. The summed E-state index contributed by atoms with van der Waals surface area (Å²) in [4.78, 5) is 11.3. The molecule has 0 aromatic heterocycles. The van der Waals surface area contributed by atoms with Gasteiger partial charge in [0.25, 0.3) is 0 Å². The molecule has 1 fully saturated rings. The van der Waals surface area contributed by atoms with Crippen LogP contribution in [-0.2, 0) is 15.7 Å². The molecule has 11 heavy (non-hydrogen) atoms. The number of ketones is 1. The molecule has 59 valence electrons. The smallest absolute Gasteiger partial charge is 0.189 e. The summed E-state index contributed by atoms with van der Waals surface area (Å²) >= 11 is 0. The Balaban J connectivity index is 2.28. The van der Waals surface area contributed by atoms with Crippen molar-refractivity contribution in [2.45, 2.75) is 0 Å². The first-order valence-corrected chi connectivity index (χ1v) is 5.70. The van der Waals surface area contributed by atoms with E-state index >= 15 is 0 Å². The third-order valence-corrected chi connectivity index (χ3v) is 2.24. The third kappa shape index (κ3) is 2.86. The maximum absolute atomic E-state index is 11.3. The fourth-order valence-corrected chi connectivity index (χ4v) is 1.60. The van der Waals surface area contributed by atoms with Crippen LogP contribution < -0.4 is 0 Å². The molecule has 0 bridgehead atoms. The first kappa shape index (κ1) is 9.11. The maximum Gasteiger partial charge on any atom is 0.189 e. The van der Waals surface area contributed by atoms with Gasteiger partial charge in [-0.05, 0) is 36.6 Å². The van der Waals surface area contributed by atoms with E-state index in [9.17, 15) is 4.79 Å². The summed E-state index contributed by atoms with van der Waals surface area (Å²) in [6.07, 6.45) is 11.7. The van der Waals surface area contributed by atoms with E-state index < -0.39 is 0 Å². The summed E-state index contributed by atoms with van der Waals surface area (Å²) in [6, 6.07) is 0. The Labute approximate surface area is 71.9 Å². The van der Waals surface area contributed by atoms with Crippen molar-refractivity contribution in [1.82, 2.24) is 0 Å². The van der Waals surface area contributed by atoms with Gasteiger partial charge < -0.3 is 0 Å². The summed E-state index contributed by atoms with van der Waals surface area (Å²) in [7, 11) is 0.220. The molecule has 1 saturated carbocycles. The zero-order valence-corrected chi connectivity index (χ0v) is 7.65. The third-order valence-electron chi connectivity index (χ3n) is 1.40. The molecule has 5 radical (unpaired) electrons. The average Bonchev–Trinajstić information content (AvgIpc) is 2.35. The molecule has 0 saturated heterocycles. The van der Waals surface area contributed by atoms with Gasteiger partial charge in [0.2, 0.25) is 0 Å². The molecule has 0 amide bonds. The lowest BCUT2D eigenvalue weighted by Crippen LogP contribution is -2.19. The Morgan fingerprint density at radius 2 is 1.91 bits per heavy atom. The fraction of sp³-hybridized carbons (Fsp3) is 0.333. The van der Waals surface area contributed by atoms with Crippen LogP contribution in [0.3, 0.4) is 0 Å². The van der Waals surface area contributed by atoms with Crippen molar-refractivity contribution in [2.75, 3.05) is 18.3 Å². The van der Waals surface area contributed by atoms with Crippen LogP contribution in [0, 0.1) is 31.6 Å². The molecule has 0 unspecified atom stereocenters. The zero-order valence-electron chi connectivity index (χ0n) is 6.83. The molecule has 1 aliphatic rings. The fourth-order valence-electron chi connectivity index (χ4n) is 0.905. The lowest BCUT2D eigenvalue weighted by molar-refractivity contribution is -0.114. The van der Waals surface area contributed by atoms with Crippen LogP contribution in [0.25, 0.3) is 0 Å². The Morgan fingerprint density at radius 3 is 2.36 bits per heavy atom. The lowest BCUT2D eigenvalue weighted by Gasteiger charge is -2.02. The Kier molecular flexibility index (Phi) is 3.44. The van der Waals surface area contributed by atoms with E-state index in [1.165, 1.54) is 0 Å². The summed E-state index contributed by atoms with van der Waals surface area (Å²) < 4.78 is 0. The van der Waals surface area contributed by atoms with Gasteiger partial charge in [0.05, 0.1) is 18.4 Å². The molecule has 1 aliphatic carbocycles. The first-order chi connectivity index (χ1) is 5.20. The van der Waals surface area contributed by atoms with E-state index in [4.69, 9.17) is 0 Å². The van der Waals surface area contributed by atoms with Crippen molar-refractivity contribution in [1.29, 1.82) is 0 Å². The summed E-state index contributed by atoms with van der Waals surface area (Å²) in [6.45, 7) is 0. The van der Waals surface area contributed by atoms with Crippen molar-refractivity contribution >= 4 is 16.7 Å². The summed E-state index contributed by atoms with van der Waals surface area (Å²) in [5.74, 6) is 1.80. The number of rotatable bonds is 3. The van der Waals surface area contributed by atoms with Gasteiger partial charge in [-0.15, -0.1) is 0 Å². The molecule has 0 aliphatic heterocycles. The second-order valence-corrected chi connectivity index (χ2v) is 4.99. The molecule has 0 aromatic rings. The van der Waals surface area contributed by atoms with Crippen molar-refractivity contribution in [2.24, 2.45) is 0 Å². The van der Waals surface area contributed by atoms with Gasteiger partial charge in [-0.1, -0.05) is 0 Å². The SMILES string of the molecule is C[S+](C)CC(=O)[C]1[CH][CH][CH][CH]1. The van der Waals surface area contributed by atoms with E-state index in [0.717, 1.165) is 5.92 Å². The van der Waals surface area contributed by atoms with Gasteiger partial charge in [0.1, 0.15) is 0 Å². The van der Waals surface area contributed by atoms with Crippen LogP contribution >= 0.6 is 0 Å². The summed E-state index contributed by atoms with van der Waals surface area (Å²) in [5.41, 5.74) is 0. The van der Waals surface area contributed by atoms with E-state index in [-0.39, 0.29) is 16.7 Å². The van der Waals surface area contributed by atoms with E-state index in [1.807, 2.05) is 25.7 Å². The van der Waals surface area contributed by atoms with Crippen molar-refractivity contribution in [3.05, 3.63) is 31.6 Å². The number of Topliss-reactive ketones (excluding diaryl/α,β-unsaturated/α-hetero) is 1. The molecule has 0 aromatic carbocycles. The lowest BCUT2D eigenvalue weighted by atomic mass is 10.0. The minimum Gasteiger partial charge on any atom is -0.294 e. The second-order valence-electron chi connectivity index (χ2n) is 2.73. The molecule has 1 rings (SSSR count). The molecule has 2 heteroatoms. The highest BCUT2D eigenvalue weighted by Gasteiger charge is 2.27. The van der Waals surface area contributed by atoms with Crippen LogP contribution in [0.1, 0.15) is 0 Å². The number of hydrogen-bond donors (Lipinski definition) is 0. The number of carbonyl (C=O) groups is 1. The van der Waals surface area contributed by atoms with Gasteiger partial charge in [0.15, 0.2) is 11.5 Å². The highest BCUT2D eigenvalue weighted by Crippen LogP contribution is 2.23. The molecular formula is C9H12OS+. The molecule has 0 spiro atoms. The monoisotopic (exact) mass is 168 g/mol. The van der Waals surface area contributed by atoms with Crippen LogP contribution in [-0.4, -0.2) is 24.0 Å². The van der Waals surface area contributed by atoms with Crippen molar-refractivity contribution in [3.63, 3.8) is 0 Å². The van der Waals surface area contributed by atoms with Gasteiger partial charge in [0, 0.05) is 0 Å². The van der Waals surface area contributed by atoms with Gasteiger partial charge >= 0.3 is 0 Å². The van der Waals surface area contributed by atoms with Crippen LogP contribution in [0.5, 0.6) is 0 Å². The number of hydrogen-bond acceptors (Lipinski definition) is 1. The highest BCUT2D eigenvalue weighted by molar-refractivity contribution is 7.96. The maximum atomic E-state index is 11.3. The minimum atomic E-state index is 0.220. The normalized spacial score (nSPS) is 19.5. The predicted molar refractivity (Wildman–Crippen MR) is 49.5 cm³/mol. The van der Waals surface area contributed by atoms with Crippen LogP contribution in [0.15, 0.2) is 0 Å². The predicted octanol–water partition coefficient (Wildman–Crippen LogP) is 0.839. The largest absolute Gasteiger partial charge is 0.294 e. The topological polar surface area (TPSA) is 17.1 Å². The van der Waals surface area contributed by atoms with E-state index in [0.29, 0.717) is 5.75 Å².